The molecule has 0 aromatic rings. The lowest BCUT2D eigenvalue weighted by Crippen LogP contribution is -1.85. The first-order chi connectivity index (χ1) is 4.54. The van der Waals surface area contributed by atoms with Crippen LogP contribution < -0.4 is 0 Å². The van der Waals surface area contributed by atoms with Crippen LogP contribution in [0.5, 0.6) is 0 Å². The van der Waals surface area contributed by atoms with Crippen LogP contribution in [0.15, 0.2) is 36.5 Å². The molecule has 0 saturated carbocycles. The second-order valence-corrected chi connectivity index (χ2v) is 2.42. The van der Waals surface area contributed by atoms with Crippen molar-refractivity contribution >= 4 is 17.7 Å². The van der Waals surface area contributed by atoms with Crippen LogP contribution in [0.25, 0.3) is 0 Å². The molecule has 0 N–H and O–H groups in total. The van der Waals surface area contributed by atoms with Gasteiger partial charge < -0.3 is 0 Å². The minimum absolute atomic E-state index is 0.308. The minimum atomic E-state index is -0.308. The smallest absolute Gasteiger partial charge is 0.215 e. The van der Waals surface area contributed by atoms with Crippen molar-refractivity contribution in [3.8, 4) is 0 Å². The molecule has 0 radical (unpaired) electrons. The van der Waals surface area contributed by atoms with Gasteiger partial charge in [0, 0.05) is 5.57 Å². The van der Waals surface area contributed by atoms with E-state index in [1.54, 1.807) is 12.2 Å². The molecule has 2 heteroatoms. The highest BCUT2D eigenvalue weighted by molar-refractivity contribution is 7.97. The van der Waals surface area contributed by atoms with Crippen molar-refractivity contribution in [3.05, 3.63) is 36.5 Å². The third-order valence-electron chi connectivity index (χ3n) is 0.844. The van der Waals surface area contributed by atoms with Crippen LogP contribution in [0.1, 0.15) is 6.92 Å². The predicted octanol–water partition coefficient (Wildman–Crippen LogP) is 2.13. The van der Waals surface area contributed by atoms with E-state index in [0.717, 1.165) is 5.57 Å². The quantitative estimate of drug-likeness (QED) is 0.374. The van der Waals surface area contributed by atoms with Crippen molar-refractivity contribution in [1.82, 2.24) is 0 Å². The number of thiol groups is 1. The largest absolute Gasteiger partial charge is 0.282 e. The van der Waals surface area contributed by atoms with Crippen LogP contribution >= 0.6 is 12.6 Å². The topological polar surface area (TPSA) is 17.1 Å². The van der Waals surface area contributed by atoms with Gasteiger partial charge in [0.1, 0.15) is 0 Å². The average Bonchev–Trinajstić information content (AvgIpc) is 1.82. The zero-order valence-corrected chi connectivity index (χ0v) is 6.82. The van der Waals surface area contributed by atoms with Gasteiger partial charge in [-0.15, -0.1) is 12.6 Å². The van der Waals surface area contributed by atoms with E-state index >= 15 is 0 Å². The molecule has 0 aliphatic carbocycles. The van der Waals surface area contributed by atoms with Crippen molar-refractivity contribution in [2.75, 3.05) is 0 Å². The maximum Gasteiger partial charge on any atom is 0.215 e. The normalized spacial score (nSPS) is 9.80. The van der Waals surface area contributed by atoms with Gasteiger partial charge in [-0.1, -0.05) is 30.9 Å². The molecule has 0 bridgehead atoms. The van der Waals surface area contributed by atoms with Gasteiger partial charge in [0.2, 0.25) is 5.12 Å². The lowest BCUT2D eigenvalue weighted by Gasteiger charge is -1.88. The van der Waals surface area contributed by atoms with Gasteiger partial charge in [-0.2, -0.15) is 0 Å². The van der Waals surface area contributed by atoms with Crippen LogP contribution in [0.2, 0.25) is 0 Å². The Labute approximate surface area is 66.5 Å². The zero-order chi connectivity index (χ0) is 8.15. The number of carbonyl (C=O) groups excluding carboxylic acids is 1. The minimum Gasteiger partial charge on any atom is -0.282 e. The van der Waals surface area contributed by atoms with E-state index in [1.807, 2.05) is 6.92 Å². The summed E-state index contributed by atoms with van der Waals surface area (Å²) in [4.78, 5) is 10.4. The van der Waals surface area contributed by atoms with Crippen LogP contribution in [0, 0.1) is 0 Å². The Morgan fingerprint density at radius 3 is 2.20 bits per heavy atom. The number of hydrogen-bond acceptors (Lipinski definition) is 1. The van der Waals surface area contributed by atoms with E-state index in [1.165, 1.54) is 0 Å². The number of carbonyl (C=O) groups is 1. The summed E-state index contributed by atoms with van der Waals surface area (Å²) in [6.07, 6.45) is 3.31. The van der Waals surface area contributed by atoms with Crippen molar-refractivity contribution < 1.29 is 4.79 Å². The predicted molar refractivity (Wildman–Crippen MR) is 47.1 cm³/mol. The Bertz CT molecular complexity index is 201. The molecule has 0 heterocycles. The fourth-order valence-corrected chi connectivity index (χ4v) is 0.389. The van der Waals surface area contributed by atoms with Crippen LogP contribution in [0.4, 0.5) is 0 Å². The molecule has 0 unspecified atom stereocenters. The van der Waals surface area contributed by atoms with Gasteiger partial charge in [-0.3, -0.25) is 4.79 Å². The summed E-state index contributed by atoms with van der Waals surface area (Å²) in [6.45, 7) is 8.93. The second-order valence-electron chi connectivity index (χ2n) is 2.01. The SMILES string of the molecule is C=C(C)/C=C\C(=C)C(=O)S. The maximum absolute atomic E-state index is 10.4. The van der Waals surface area contributed by atoms with E-state index in [2.05, 4.69) is 25.8 Å². The van der Waals surface area contributed by atoms with Crippen molar-refractivity contribution in [3.63, 3.8) is 0 Å². The molecule has 0 amide bonds. The zero-order valence-electron chi connectivity index (χ0n) is 5.92. The summed E-state index contributed by atoms with van der Waals surface area (Å²) >= 11 is 3.58. The van der Waals surface area contributed by atoms with Crippen LogP contribution in [0.3, 0.4) is 0 Å². The highest BCUT2D eigenvalue weighted by Gasteiger charge is 1.93. The molecule has 0 aliphatic rings. The molecule has 10 heavy (non-hydrogen) atoms. The molecule has 0 rings (SSSR count). The molecular weight excluding hydrogens is 144 g/mol. The summed E-state index contributed by atoms with van der Waals surface area (Å²) in [7, 11) is 0. The molecular formula is C8H10OS. The summed E-state index contributed by atoms with van der Waals surface area (Å²) in [5.74, 6) is 0. The fourth-order valence-electron chi connectivity index (χ4n) is 0.314. The van der Waals surface area contributed by atoms with Gasteiger partial charge >= 0.3 is 0 Å². The number of rotatable bonds is 3. The van der Waals surface area contributed by atoms with Crippen molar-refractivity contribution in [1.29, 1.82) is 0 Å². The average molecular weight is 154 g/mol. The summed E-state index contributed by atoms with van der Waals surface area (Å²) in [5, 5.41) is -0.308. The first-order valence-corrected chi connectivity index (χ1v) is 3.24. The molecule has 54 valence electrons. The Morgan fingerprint density at radius 2 is 1.90 bits per heavy atom. The highest BCUT2D eigenvalue weighted by atomic mass is 32.1. The number of allylic oxidation sites excluding steroid dienone is 3. The van der Waals surface area contributed by atoms with E-state index < -0.39 is 0 Å². The first-order valence-electron chi connectivity index (χ1n) is 2.80. The van der Waals surface area contributed by atoms with Crippen LogP contribution in [-0.4, -0.2) is 5.12 Å². The molecule has 0 aromatic heterocycles. The Hall–Kier alpha value is -0.760. The van der Waals surface area contributed by atoms with Gasteiger partial charge in [-0.05, 0) is 6.92 Å². The summed E-state index contributed by atoms with van der Waals surface area (Å²) in [5.41, 5.74) is 1.27. The molecule has 0 aliphatic heterocycles. The fraction of sp³-hybridized carbons (Fsp3) is 0.125. The third-order valence-corrected chi connectivity index (χ3v) is 1.13. The molecule has 0 aromatic carbocycles. The monoisotopic (exact) mass is 154 g/mol. The Kier molecular flexibility index (Phi) is 3.81. The lowest BCUT2D eigenvalue weighted by atomic mass is 10.2. The van der Waals surface area contributed by atoms with E-state index in [0.29, 0.717) is 5.57 Å². The van der Waals surface area contributed by atoms with Gasteiger partial charge in [0.05, 0.1) is 0 Å². The van der Waals surface area contributed by atoms with Gasteiger partial charge in [0.25, 0.3) is 0 Å². The summed E-state index contributed by atoms with van der Waals surface area (Å²) in [6, 6.07) is 0. The molecule has 0 atom stereocenters. The third kappa shape index (κ3) is 4.15. The maximum atomic E-state index is 10.4. The van der Waals surface area contributed by atoms with Crippen LogP contribution in [-0.2, 0) is 4.79 Å². The van der Waals surface area contributed by atoms with Gasteiger partial charge in [0.15, 0.2) is 0 Å². The van der Waals surface area contributed by atoms with Crippen molar-refractivity contribution in [2.24, 2.45) is 0 Å². The lowest BCUT2D eigenvalue weighted by molar-refractivity contribution is -0.107. The molecule has 0 spiro atoms. The standard InChI is InChI=1S/C8H10OS/c1-6(2)4-5-7(3)8(9)10/h4-5H,1,3H2,2H3,(H,9,10)/b5-4-. The second kappa shape index (κ2) is 4.12. The summed E-state index contributed by atoms with van der Waals surface area (Å²) < 4.78 is 0. The number of hydrogen-bond donors (Lipinski definition) is 1. The van der Waals surface area contributed by atoms with E-state index in [-0.39, 0.29) is 5.12 Å². The Balaban J connectivity index is 4.03. The first kappa shape index (κ1) is 9.24. The van der Waals surface area contributed by atoms with Crippen molar-refractivity contribution in [2.45, 2.75) is 6.92 Å². The molecule has 1 nitrogen and oxygen atoms in total. The van der Waals surface area contributed by atoms with E-state index in [9.17, 15) is 4.79 Å². The molecule has 0 saturated heterocycles. The Morgan fingerprint density at radius 1 is 1.40 bits per heavy atom. The molecule has 0 fully saturated rings. The van der Waals surface area contributed by atoms with E-state index in [4.69, 9.17) is 0 Å². The van der Waals surface area contributed by atoms with Gasteiger partial charge in [-0.25, -0.2) is 0 Å². The highest BCUT2D eigenvalue weighted by Crippen LogP contribution is 2.00.